The molecule has 1 aliphatic rings. The molecule has 0 aromatic rings. The van der Waals surface area contributed by atoms with Gasteiger partial charge >= 0.3 is 0 Å². The summed E-state index contributed by atoms with van der Waals surface area (Å²) in [6, 6.07) is 0. The average molecular weight is 181 g/mol. The molecule has 2 nitrogen and oxygen atoms in total. The highest BCUT2D eigenvalue weighted by molar-refractivity contribution is 5.82. The Balaban J connectivity index is 2.81. The zero-order chi connectivity index (χ0) is 10.1. The standard InChI is InChI=1S/C11H19NO/c1-8-5-6-11(3,7-9(8)2)10(13)12-4/h5-7H2,1-4H3,(H,12,13). The Kier molecular flexibility index (Phi) is 2.79. The van der Waals surface area contributed by atoms with Crippen LogP contribution in [0.1, 0.15) is 40.0 Å². The Bertz CT molecular complexity index is 255. The zero-order valence-electron chi connectivity index (χ0n) is 9.03. The smallest absolute Gasteiger partial charge is 0.226 e. The molecule has 0 aliphatic heterocycles. The molecule has 1 rings (SSSR count). The third-order valence-corrected chi connectivity index (χ3v) is 3.21. The molecule has 1 atom stereocenters. The highest BCUT2D eigenvalue weighted by Crippen LogP contribution is 2.38. The van der Waals surface area contributed by atoms with Gasteiger partial charge in [-0.3, -0.25) is 4.79 Å². The lowest BCUT2D eigenvalue weighted by molar-refractivity contribution is -0.130. The van der Waals surface area contributed by atoms with Crippen LogP contribution in [0, 0.1) is 5.41 Å². The van der Waals surface area contributed by atoms with Crippen molar-refractivity contribution in [2.24, 2.45) is 5.41 Å². The fraction of sp³-hybridized carbons (Fsp3) is 0.727. The minimum Gasteiger partial charge on any atom is -0.359 e. The van der Waals surface area contributed by atoms with E-state index in [4.69, 9.17) is 0 Å². The maximum Gasteiger partial charge on any atom is 0.226 e. The summed E-state index contributed by atoms with van der Waals surface area (Å²) >= 11 is 0. The zero-order valence-corrected chi connectivity index (χ0v) is 9.03. The summed E-state index contributed by atoms with van der Waals surface area (Å²) in [6.45, 7) is 6.36. The van der Waals surface area contributed by atoms with E-state index in [9.17, 15) is 4.79 Å². The predicted molar refractivity (Wildman–Crippen MR) is 54.4 cm³/mol. The van der Waals surface area contributed by atoms with Gasteiger partial charge in [0.1, 0.15) is 0 Å². The van der Waals surface area contributed by atoms with Gasteiger partial charge in [0.05, 0.1) is 5.41 Å². The van der Waals surface area contributed by atoms with Crippen LogP contribution in [0.2, 0.25) is 0 Å². The summed E-state index contributed by atoms with van der Waals surface area (Å²) in [5.41, 5.74) is 2.68. The fourth-order valence-electron chi connectivity index (χ4n) is 2.00. The first-order valence-electron chi connectivity index (χ1n) is 4.87. The Morgan fingerprint density at radius 3 is 2.46 bits per heavy atom. The predicted octanol–water partition coefficient (Wildman–Crippen LogP) is 2.26. The second-order valence-corrected chi connectivity index (χ2v) is 4.38. The number of hydrogen-bond acceptors (Lipinski definition) is 1. The first-order valence-corrected chi connectivity index (χ1v) is 4.87. The van der Waals surface area contributed by atoms with Crippen molar-refractivity contribution in [3.8, 4) is 0 Å². The molecule has 1 aliphatic carbocycles. The number of rotatable bonds is 1. The van der Waals surface area contributed by atoms with E-state index in [1.165, 1.54) is 11.1 Å². The van der Waals surface area contributed by atoms with Crippen molar-refractivity contribution >= 4 is 5.91 Å². The van der Waals surface area contributed by atoms with Crippen LogP contribution in [0.15, 0.2) is 11.1 Å². The number of allylic oxidation sites excluding steroid dienone is 2. The number of nitrogens with one attached hydrogen (secondary N) is 1. The van der Waals surface area contributed by atoms with Crippen LogP contribution < -0.4 is 5.32 Å². The van der Waals surface area contributed by atoms with Crippen molar-refractivity contribution in [1.29, 1.82) is 0 Å². The van der Waals surface area contributed by atoms with Gasteiger partial charge in [0.25, 0.3) is 0 Å². The largest absolute Gasteiger partial charge is 0.359 e. The monoisotopic (exact) mass is 181 g/mol. The minimum atomic E-state index is -0.168. The van der Waals surface area contributed by atoms with E-state index in [-0.39, 0.29) is 11.3 Å². The average Bonchev–Trinajstić information content (AvgIpc) is 2.11. The maximum absolute atomic E-state index is 11.6. The Labute approximate surface area is 80.4 Å². The summed E-state index contributed by atoms with van der Waals surface area (Å²) < 4.78 is 0. The molecule has 0 heterocycles. The molecule has 0 aromatic carbocycles. The number of hydrogen-bond donors (Lipinski definition) is 1. The van der Waals surface area contributed by atoms with Crippen LogP contribution in [0.25, 0.3) is 0 Å². The summed E-state index contributed by atoms with van der Waals surface area (Å²) in [6.07, 6.45) is 2.96. The van der Waals surface area contributed by atoms with E-state index in [0.29, 0.717) is 0 Å². The van der Waals surface area contributed by atoms with E-state index in [2.05, 4.69) is 26.1 Å². The highest BCUT2D eigenvalue weighted by atomic mass is 16.2. The van der Waals surface area contributed by atoms with Gasteiger partial charge in [-0.2, -0.15) is 0 Å². The highest BCUT2D eigenvalue weighted by Gasteiger charge is 2.35. The molecule has 0 spiro atoms. The molecule has 2 heteroatoms. The van der Waals surface area contributed by atoms with E-state index in [1.807, 2.05) is 0 Å². The lowest BCUT2D eigenvalue weighted by Gasteiger charge is -2.33. The second-order valence-electron chi connectivity index (χ2n) is 4.38. The topological polar surface area (TPSA) is 29.1 Å². The van der Waals surface area contributed by atoms with Gasteiger partial charge in [-0.15, -0.1) is 0 Å². The van der Waals surface area contributed by atoms with Crippen LogP contribution in [0.4, 0.5) is 0 Å². The number of carbonyl (C=O) groups is 1. The quantitative estimate of drug-likeness (QED) is 0.618. The van der Waals surface area contributed by atoms with Crippen LogP contribution >= 0.6 is 0 Å². The van der Waals surface area contributed by atoms with Crippen LogP contribution in [0.5, 0.6) is 0 Å². The molecule has 0 aromatic heterocycles. The van der Waals surface area contributed by atoms with Crippen LogP contribution in [0.3, 0.4) is 0 Å². The van der Waals surface area contributed by atoms with E-state index >= 15 is 0 Å². The maximum atomic E-state index is 11.6. The van der Waals surface area contributed by atoms with Crippen molar-refractivity contribution in [2.45, 2.75) is 40.0 Å². The van der Waals surface area contributed by atoms with Gasteiger partial charge in [0, 0.05) is 7.05 Å². The Hall–Kier alpha value is -0.790. The molecule has 1 unspecified atom stereocenters. The summed E-state index contributed by atoms with van der Waals surface area (Å²) in [5.74, 6) is 0.180. The lowest BCUT2D eigenvalue weighted by Crippen LogP contribution is -2.38. The molecule has 0 saturated carbocycles. The molecule has 1 amide bonds. The van der Waals surface area contributed by atoms with Gasteiger partial charge in [0.2, 0.25) is 5.91 Å². The van der Waals surface area contributed by atoms with Crippen molar-refractivity contribution in [1.82, 2.24) is 5.32 Å². The molecule has 1 N–H and O–H groups in total. The van der Waals surface area contributed by atoms with E-state index < -0.39 is 0 Å². The second kappa shape index (κ2) is 3.52. The molecular weight excluding hydrogens is 162 g/mol. The van der Waals surface area contributed by atoms with Gasteiger partial charge in [-0.25, -0.2) is 0 Å². The number of carbonyl (C=O) groups excluding carboxylic acids is 1. The van der Waals surface area contributed by atoms with Crippen LogP contribution in [-0.4, -0.2) is 13.0 Å². The Morgan fingerprint density at radius 1 is 1.38 bits per heavy atom. The SMILES string of the molecule is CNC(=O)C1(C)CCC(C)=C(C)C1. The van der Waals surface area contributed by atoms with Crippen molar-refractivity contribution in [3.05, 3.63) is 11.1 Å². The summed E-state index contributed by atoms with van der Waals surface area (Å²) in [5, 5.41) is 2.75. The first-order chi connectivity index (χ1) is 5.99. The summed E-state index contributed by atoms with van der Waals surface area (Å²) in [7, 11) is 1.72. The molecule has 0 fully saturated rings. The third kappa shape index (κ3) is 1.93. The van der Waals surface area contributed by atoms with Gasteiger partial charge in [0.15, 0.2) is 0 Å². The first kappa shape index (κ1) is 10.3. The minimum absolute atomic E-state index is 0.168. The molecular formula is C11H19NO. The van der Waals surface area contributed by atoms with Gasteiger partial charge in [-0.1, -0.05) is 18.1 Å². The molecule has 0 saturated heterocycles. The fourth-order valence-corrected chi connectivity index (χ4v) is 2.00. The van der Waals surface area contributed by atoms with Crippen LogP contribution in [-0.2, 0) is 4.79 Å². The lowest BCUT2D eigenvalue weighted by atomic mass is 9.73. The molecule has 0 radical (unpaired) electrons. The molecule has 0 bridgehead atoms. The molecule has 74 valence electrons. The summed E-state index contributed by atoms with van der Waals surface area (Å²) in [4.78, 5) is 11.6. The molecule has 13 heavy (non-hydrogen) atoms. The van der Waals surface area contributed by atoms with Crippen molar-refractivity contribution in [3.63, 3.8) is 0 Å². The van der Waals surface area contributed by atoms with Gasteiger partial charge in [-0.05, 0) is 33.1 Å². The van der Waals surface area contributed by atoms with Crippen molar-refractivity contribution < 1.29 is 4.79 Å². The normalized spacial score (nSPS) is 28.9. The van der Waals surface area contributed by atoms with E-state index in [1.54, 1.807) is 7.05 Å². The van der Waals surface area contributed by atoms with Crippen molar-refractivity contribution in [2.75, 3.05) is 7.05 Å². The Morgan fingerprint density at radius 2 is 2.00 bits per heavy atom. The van der Waals surface area contributed by atoms with E-state index in [0.717, 1.165) is 19.3 Å². The van der Waals surface area contributed by atoms with Gasteiger partial charge < -0.3 is 5.32 Å². The number of amides is 1. The third-order valence-electron chi connectivity index (χ3n) is 3.21.